The molecule has 0 spiro atoms. The normalized spacial score (nSPS) is 22.7. The van der Waals surface area contributed by atoms with E-state index in [2.05, 4.69) is 0 Å². The van der Waals surface area contributed by atoms with Crippen molar-refractivity contribution >= 4 is 5.97 Å². The number of aliphatic carboxylic acids is 1. The number of carbonyl (C=O) groups is 1. The van der Waals surface area contributed by atoms with Crippen molar-refractivity contribution in [2.24, 2.45) is 11.8 Å². The van der Waals surface area contributed by atoms with Crippen LogP contribution in [0.5, 0.6) is 0 Å². The van der Waals surface area contributed by atoms with Crippen LogP contribution in [0.1, 0.15) is 84.0 Å². The summed E-state index contributed by atoms with van der Waals surface area (Å²) in [6.45, 7) is 1.98. The summed E-state index contributed by atoms with van der Waals surface area (Å²) in [5, 5.41) is 8.93. The van der Waals surface area contributed by atoms with Crippen LogP contribution in [0.2, 0.25) is 0 Å². The van der Waals surface area contributed by atoms with Gasteiger partial charge in [0.25, 0.3) is 0 Å². The maximum absolute atomic E-state index is 10.8. The fraction of sp³-hybridized carbons (Fsp3) is 0.938. The summed E-state index contributed by atoms with van der Waals surface area (Å²) in [6, 6.07) is 0. The van der Waals surface area contributed by atoms with Gasteiger partial charge in [0.1, 0.15) is 0 Å². The molecule has 0 aromatic rings. The maximum atomic E-state index is 10.8. The lowest BCUT2D eigenvalue weighted by Gasteiger charge is -2.26. The molecule has 2 rings (SSSR count). The van der Waals surface area contributed by atoms with E-state index >= 15 is 0 Å². The molecule has 0 aromatic heterocycles. The molecule has 2 saturated carbocycles. The molecule has 0 amide bonds. The Hall–Kier alpha value is -0.530. The molecule has 106 valence electrons. The van der Waals surface area contributed by atoms with Crippen LogP contribution in [0.3, 0.4) is 0 Å². The Kier molecular flexibility index (Phi) is 8.11. The lowest BCUT2D eigenvalue weighted by Crippen LogP contribution is -2.24. The van der Waals surface area contributed by atoms with Gasteiger partial charge in [-0.15, -0.1) is 0 Å². The second-order valence-corrected chi connectivity index (χ2v) is 5.87. The molecule has 18 heavy (non-hydrogen) atoms. The molecule has 1 N–H and O–H groups in total. The van der Waals surface area contributed by atoms with Gasteiger partial charge >= 0.3 is 5.97 Å². The van der Waals surface area contributed by atoms with Gasteiger partial charge < -0.3 is 5.11 Å². The zero-order valence-electron chi connectivity index (χ0n) is 12.0. The molecule has 2 heteroatoms. The number of hydrogen-bond acceptors (Lipinski definition) is 1. The summed E-state index contributed by atoms with van der Waals surface area (Å²) in [5.41, 5.74) is 0. The van der Waals surface area contributed by atoms with Crippen LogP contribution in [0.25, 0.3) is 0 Å². The van der Waals surface area contributed by atoms with Crippen LogP contribution in [-0.4, -0.2) is 11.1 Å². The van der Waals surface area contributed by atoms with Gasteiger partial charge in [0, 0.05) is 0 Å². The highest BCUT2D eigenvalue weighted by molar-refractivity contribution is 5.70. The minimum absolute atomic E-state index is 0.0784. The largest absolute Gasteiger partial charge is 0.481 e. The number of carboxylic acid groups (broad SMARTS) is 1. The van der Waals surface area contributed by atoms with Crippen LogP contribution in [-0.2, 0) is 4.79 Å². The molecule has 2 nitrogen and oxygen atoms in total. The fourth-order valence-electron chi connectivity index (χ4n) is 3.31. The minimum Gasteiger partial charge on any atom is -0.481 e. The molecule has 0 aromatic carbocycles. The first kappa shape index (κ1) is 15.5. The van der Waals surface area contributed by atoms with Crippen molar-refractivity contribution in [2.45, 2.75) is 84.0 Å². The van der Waals surface area contributed by atoms with E-state index in [9.17, 15) is 4.79 Å². The second-order valence-electron chi connectivity index (χ2n) is 5.87. The monoisotopic (exact) mass is 254 g/mol. The summed E-state index contributed by atoms with van der Waals surface area (Å²) < 4.78 is 0. The summed E-state index contributed by atoms with van der Waals surface area (Å²) in [5.74, 6) is -0.212. The lowest BCUT2D eigenvalue weighted by atomic mass is 9.79. The van der Waals surface area contributed by atoms with Crippen LogP contribution in [0.4, 0.5) is 0 Å². The predicted octanol–water partition coefficient (Wildman–Crippen LogP) is 5.02. The molecule has 2 aliphatic carbocycles. The summed E-state index contributed by atoms with van der Waals surface area (Å²) in [4.78, 5) is 10.8. The van der Waals surface area contributed by atoms with Gasteiger partial charge in [-0.3, -0.25) is 4.79 Å². The van der Waals surface area contributed by atoms with Crippen molar-refractivity contribution in [1.29, 1.82) is 0 Å². The first-order valence-electron chi connectivity index (χ1n) is 7.98. The minimum atomic E-state index is -0.593. The molecule has 0 radical (unpaired) electrons. The third-order valence-electron chi connectivity index (χ3n) is 4.48. The fourth-order valence-corrected chi connectivity index (χ4v) is 3.31. The summed E-state index contributed by atoms with van der Waals surface area (Å²) in [6.07, 6.45) is 15.8. The van der Waals surface area contributed by atoms with E-state index in [-0.39, 0.29) is 5.92 Å². The van der Waals surface area contributed by atoms with E-state index in [1.54, 1.807) is 0 Å². The molecular formula is C16H30O2. The Labute approximate surface area is 112 Å². The highest BCUT2D eigenvalue weighted by atomic mass is 16.4. The van der Waals surface area contributed by atoms with Crippen molar-refractivity contribution in [3.63, 3.8) is 0 Å². The zero-order valence-corrected chi connectivity index (χ0v) is 12.0. The summed E-state index contributed by atoms with van der Waals surface area (Å²) in [7, 11) is 0. The van der Waals surface area contributed by atoms with E-state index in [0.29, 0.717) is 5.92 Å². The Morgan fingerprint density at radius 1 is 0.944 bits per heavy atom. The quantitative estimate of drug-likeness (QED) is 0.768. The van der Waals surface area contributed by atoms with E-state index in [1.807, 2.05) is 6.92 Å². The van der Waals surface area contributed by atoms with E-state index in [4.69, 9.17) is 5.11 Å². The van der Waals surface area contributed by atoms with Crippen molar-refractivity contribution in [3.8, 4) is 0 Å². The maximum Gasteiger partial charge on any atom is 0.306 e. The molecule has 2 fully saturated rings. The molecule has 0 saturated heterocycles. The van der Waals surface area contributed by atoms with Gasteiger partial charge in [0.2, 0.25) is 0 Å². The van der Waals surface area contributed by atoms with Crippen LogP contribution in [0, 0.1) is 11.8 Å². The SMILES string of the molecule is C1CCCCC1.CCC(C(=O)O)C1CCCCC1. The van der Waals surface area contributed by atoms with Gasteiger partial charge in [0.05, 0.1) is 5.92 Å². The summed E-state index contributed by atoms with van der Waals surface area (Å²) >= 11 is 0. The smallest absolute Gasteiger partial charge is 0.306 e. The van der Waals surface area contributed by atoms with Crippen molar-refractivity contribution in [3.05, 3.63) is 0 Å². The van der Waals surface area contributed by atoms with Crippen LogP contribution in [0.15, 0.2) is 0 Å². The van der Waals surface area contributed by atoms with E-state index < -0.39 is 5.97 Å². The highest BCUT2D eigenvalue weighted by Gasteiger charge is 2.27. The van der Waals surface area contributed by atoms with Gasteiger partial charge in [-0.25, -0.2) is 0 Å². The Balaban J connectivity index is 0.000000225. The lowest BCUT2D eigenvalue weighted by molar-refractivity contribution is -0.144. The van der Waals surface area contributed by atoms with Gasteiger partial charge in [-0.05, 0) is 25.2 Å². The van der Waals surface area contributed by atoms with E-state index in [0.717, 1.165) is 19.3 Å². The molecule has 1 atom stereocenters. The Bertz CT molecular complexity index is 204. The average molecular weight is 254 g/mol. The highest BCUT2D eigenvalue weighted by Crippen LogP contribution is 2.31. The third-order valence-corrected chi connectivity index (χ3v) is 4.48. The second kappa shape index (κ2) is 9.41. The van der Waals surface area contributed by atoms with E-state index in [1.165, 1.54) is 57.8 Å². The predicted molar refractivity (Wildman–Crippen MR) is 75.7 cm³/mol. The molecule has 0 heterocycles. The average Bonchev–Trinajstić information content (AvgIpc) is 2.43. The van der Waals surface area contributed by atoms with Crippen LogP contribution < -0.4 is 0 Å². The van der Waals surface area contributed by atoms with Crippen molar-refractivity contribution in [1.82, 2.24) is 0 Å². The van der Waals surface area contributed by atoms with Gasteiger partial charge in [-0.2, -0.15) is 0 Å². The van der Waals surface area contributed by atoms with Gasteiger partial charge in [-0.1, -0.05) is 64.7 Å². The molecule has 1 unspecified atom stereocenters. The number of carboxylic acids is 1. The molecule has 0 aliphatic heterocycles. The Morgan fingerprint density at radius 3 is 1.67 bits per heavy atom. The molecule has 0 bridgehead atoms. The Morgan fingerprint density at radius 2 is 1.33 bits per heavy atom. The molecule has 2 aliphatic rings. The molecular weight excluding hydrogens is 224 g/mol. The third kappa shape index (κ3) is 5.88. The zero-order chi connectivity index (χ0) is 13.2. The topological polar surface area (TPSA) is 37.3 Å². The van der Waals surface area contributed by atoms with Crippen LogP contribution >= 0.6 is 0 Å². The van der Waals surface area contributed by atoms with Gasteiger partial charge in [0.15, 0.2) is 0 Å². The first-order chi connectivity index (χ1) is 8.75. The standard InChI is InChI=1S/C10H18O2.C6H12/c1-2-9(10(11)12)8-6-4-3-5-7-8;1-2-4-6-5-3-1/h8-9H,2-7H2,1H3,(H,11,12);1-6H2. The number of rotatable bonds is 3. The van der Waals surface area contributed by atoms with Crippen molar-refractivity contribution < 1.29 is 9.90 Å². The van der Waals surface area contributed by atoms with Crippen molar-refractivity contribution in [2.75, 3.05) is 0 Å². The first-order valence-corrected chi connectivity index (χ1v) is 7.98. The number of hydrogen-bond donors (Lipinski definition) is 1.